The summed E-state index contributed by atoms with van der Waals surface area (Å²) >= 11 is 0. The highest BCUT2D eigenvalue weighted by Crippen LogP contribution is 2.31. The molecule has 13 nitrogen and oxygen atoms in total. The van der Waals surface area contributed by atoms with E-state index in [4.69, 9.17) is 9.15 Å². The van der Waals surface area contributed by atoms with Gasteiger partial charge in [0.1, 0.15) is 0 Å². The van der Waals surface area contributed by atoms with Crippen molar-refractivity contribution in [3.8, 4) is 11.5 Å². The number of anilines is 2. The van der Waals surface area contributed by atoms with Gasteiger partial charge in [0.15, 0.2) is 6.73 Å². The van der Waals surface area contributed by atoms with Crippen LogP contribution in [0.25, 0.3) is 11.5 Å². The first-order valence-electron chi connectivity index (χ1n) is 12.5. The largest absolute Gasteiger partial charge is 0.442 e. The molecule has 0 amide bonds. The van der Waals surface area contributed by atoms with Crippen LogP contribution in [0.3, 0.4) is 0 Å². The first-order chi connectivity index (χ1) is 18.3. The van der Waals surface area contributed by atoms with E-state index < -0.39 is 5.41 Å². The van der Waals surface area contributed by atoms with Gasteiger partial charge in [-0.2, -0.15) is 0 Å². The number of esters is 1. The monoisotopic (exact) mass is 516 g/mol. The summed E-state index contributed by atoms with van der Waals surface area (Å²) < 4.78 is 12.7. The molecule has 13 heteroatoms. The molecule has 4 aromatic rings. The van der Waals surface area contributed by atoms with Gasteiger partial charge in [-0.05, 0) is 38.8 Å². The van der Waals surface area contributed by atoms with Crippen LogP contribution in [0.15, 0.2) is 41.3 Å². The van der Waals surface area contributed by atoms with Gasteiger partial charge in [-0.3, -0.25) is 9.78 Å². The van der Waals surface area contributed by atoms with E-state index in [0.717, 1.165) is 24.2 Å². The van der Waals surface area contributed by atoms with Crippen molar-refractivity contribution in [1.29, 1.82) is 0 Å². The molecule has 1 fully saturated rings. The molecule has 196 valence electrons. The van der Waals surface area contributed by atoms with E-state index >= 15 is 0 Å². The molecule has 1 aliphatic heterocycles. The summed E-state index contributed by atoms with van der Waals surface area (Å²) in [6, 6.07) is 4.73. The molecule has 2 aliphatic rings. The second kappa shape index (κ2) is 9.47. The lowest BCUT2D eigenvalue weighted by Gasteiger charge is -2.36. The van der Waals surface area contributed by atoms with Crippen LogP contribution >= 0.6 is 0 Å². The molecule has 1 N–H and O–H groups in total. The van der Waals surface area contributed by atoms with Crippen molar-refractivity contribution in [2.75, 3.05) is 23.3 Å². The molecular formula is C25H28N10O3. The lowest BCUT2D eigenvalue weighted by molar-refractivity contribution is -0.157. The molecule has 38 heavy (non-hydrogen) atoms. The number of carbonyl (C=O) groups is 1. The van der Waals surface area contributed by atoms with Crippen LogP contribution in [0.1, 0.15) is 43.6 Å². The number of nitrogens with one attached hydrogen (secondary N) is 1. The number of rotatable bonds is 7. The molecule has 1 atom stereocenters. The summed E-state index contributed by atoms with van der Waals surface area (Å²) in [5.74, 6) is 0.797. The standard InChI is InChI=1S/C25H28N10O3/c1-25(2,3)22(36)37-14-35-13-20(30-33-35)17-11-34(12-17)24-32-31-21(38-24)16-9-27-23(28-10-16)29-18-7-15-5-4-6-26-19(15)8-18/h4-6,9-10,13,17-18H,7-8,11-12,14H2,1-3H3,(H,27,28,29). The van der Waals surface area contributed by atoms with E-state index in [1.165, 1.54) is 10.2 Å². The van der Waals surface area contributed by atoms with Gasteiger partial charge < -0.3 is 19.4 Å². The molecule has 0 aromatic carbocycles. The SMILES string of the molecule is CC(C)(C)C(=O)OCn1cc(C2CN(c3nnc(-c4cnc(NC5Cc6cccnc6C5)nc4)o3)C2)nn1. The predicted octanol–water partition coefficient (Wildman–Crippen LogP) is 2.24. The number of fused-ring (bicyclic) bond motifs is 1. The predicted molar refractivity (Wildman–Crippen MR) is 135 cm³/mol. The van der Waals surface area contributed by atoms with Crippen LogP contribution in [-0.2, 0) is 29.1 Å². The van der Waals surface area contributed by atoms with Crippen molar-refractivity contribution in [3.63, 3.8) is 0 Å². The molecule has 1 saturated heterocycles. The van der Waals surface area contributed by atoms with E-state index in [9.17, 15) is 4.79 Å². The lowest BCUT2D eigenvalue weighted by atomic mass is 9.97. The average Bonchev–Trinajstić information content (AvgIpc) is 3.61. The minimum atomic E-state index is -0.563. The summed E-state index contributed by atoms with van der Waals surface area (Å²) in [6.07, 6.45) is 8.73. The Balaban J connectivity index is 1.01. The molecule has 0 saturated carbocycles. The van der Waals surface area contributed by atoms with Crippen molar-refractivity contribution in [1.82, 2.24) is 40.1 Å². The second-order valence-electron chi connectivity index (χ2n) is 10.6. The van der Waals surface area contributed by atoms with Gasteiger partial charge >= 0.3 is 12.0 Å². The summed E-state index contributed by atoms with van der Waals surface area (Å²) in [5.41, 5.74) is 3.30. The van der Waals surface area contributed by atoms with Crippen LogP contribution in [0, 0.1) is 5.41 Å². The molecule has 1 unspecified atom stereocenters. The molecule has 5 heterocycles. The number of hydrogen-bond donors (Lipinski definition) is 1. The number of carbonyl (C=O) groups excluding carboxylic acids is 1. The van der Waals surface area contributed by atoms with Crippen LogP contribution in [0.2, 0.25) is 0 Å². The highest BCUT2D eigenvalue weighted by Gasteiger charge is 2.34. The molecule has 0 radical (unpaired) electrons. The normalized spacial score (nSPS) is 17.2. The van der Waals surface area contributed by atoms with E-state index in [1.54, 1.807) is 18.6 Å². The molecule has 0 spiro atoms. The van der Waals surface area contributed by atoms with E-state index in [2.05, 4.69) is 46.8 Å². The third-order valence-corrected chi connectivity index (χ3v) is 6.60. The molecule has 1 aliphatic carbocycles. The molecular weight excluding hydrogens is 488 g/mol. The third kappa shape index (κ3) is 4.91. The zero-order chi connectivity index (χ0) is 26.3. The van der Waals surface area contributed by atoms with Crippen LogP contribution < -0.4 is 10.2 Å². The number of pyridine rings is 1. The zero-order valence-electron chi connectivity index (χ0n) is 21.4. The number of ether oxygens (including phenoxy) is 1. The zero-order valence-corrected chi connectivity index (χ0v) is 21.4. The Bertz CT molecular complexity index is 1410. The number of aromatic nitrogens is 8. The fourth-order valence-corrected chi connectivity index (χ4v) is 4.40. The van der Waals surface area contributed by atoms with Gasteiger partial charge in [-0.15, -0.1) is 10.2 Å². The van der Waals surface area contributed by atoms with Crippen molar-refractivity contribution < 1.29 is 13.9 Å². The maximum Gasteiger partial charge on any atom is 0.318 e. The lowest BCUT2D eigenvalue weighted by Crippen LogP contribution is -2.45. The Kier molecular flexibility index (Phi) is 5.97. The van der Waals surface area contributed by atoms with Gasteiger partial charge in [0.05, 0.1) is 22.9 Å². The highest BCUT2D eigenvalue weighted by molar-refractivity contribution is 5.75. The van der Waals surface area contributed by atoms with E-state index in [-0.39, 0.29) is 24.7 Å². The first kappa shape index (κ1) is 23.9. The summed E-state index contributed by atoms with van der Waals surface area (Å²) in [5, 5.41) is 20.0. The summed E-state index contributed by atoms with van der Waals surface area (Å²) in [7, 11) is 0. The number of nitrogens with zero attached hydrogens (tertiary/aromatic N) is 9. The van der Waals surface area contributed by atoms with Crippen molar-refractivity contribution in [2.24, 2.45) is 5.41 Å². The Morgan fingerprint density at radius 2 is 1.95 bits per heavy atom. The minimum absolute atomic E-state index is 0.0362. The first-order valence-corrected chi connectivity index (χ1v) is 12.5. The highest BCUT2D eigenvalue weighted by atomic mass is 16.5. The van der Waals surface area contributed by atoms with Gasteiger partial charge in [0.2, 0.25) is 5.95 Å². The number of hydrogen-bond acceptors (Lipinski definition) is 12. The molecule has 6 rings (SSSR count). The molecule has 0 bridgehead atoms. The summed E-state index contributed by atoms with van der Waals surface area (Å²) in [6.45, 7) is 6.79. The van der Waals surface area contributed by atoms with Gasteiger partial charge in [-0.1, -0.05) is 16.4 Å². The Morgan fingerprint density at radius 1 is 1.13 bits per heavy atom. The summed E-state index contributed by atoms with van der Waals surface area (Å²) in [4.78, 5) is 27.2. The maximum absolute atomic E-state index is 11.9. The molecule has 4 aromatic heterocycles. The van der Waals surface area contributed by atoms with E-state index in [0.29, 0.717) is 36.5 Å². The fourth-order valence-electron chi connectivity index (χ4n) is 4.40. The Labute approximate surface area is 218 Å². The second-order valence-corrected chi connectivity index (χ2v) is 10.6. The Morgan fingerprint density at radius 3 is 2.71 bits per heavy atom. The van der Waals surface area contributed by atoms with Crippen LogP contribution in [0.5, 0.6) is 0 Å². The van der Waals surface area contributed by atoms with Crippen LogP contribution in [-0.4, -0.2) is 65.2 Å². The third-order valence-electron chi connectivity index (χ3n) is 6.60. The average molecular weight is 517 g/mol. The van der Waals surface area contributed by atoms with Crippen LogP contribution in [0.4, 0.5) is 12.0 Å². The quantitative estimate of drug-likeness (QED) is 0.359. The maximum atomic E-state index is 11.9. The van der Waals surface area contributed by atoms with Crippen molar-refractivity contribution >= 4 is 17.9 Å². The van der Waals surface area contributed by atoms with Crippen molar-refractivity contribution in [3.05, 3.63) is 53.9 Å². The fraction of sp³-hybridized carbons (Fsp3) is 0.440. The van der Waals surface area contributed by atoms with Gasteiger partial charge in [0.25, 0.3) is 5.89 Å². The minimum Gasteiger partial charge on any atom is -0.442 e. The van der Waals surface area contributed by atoms with Gasteiger partial charge in [0, 0.05) is 55.8 Å². The topological polar surface area (TPSA) is 150 Å². The van der Waals surface area contributed by atoms with E-state index in [1.807, 2.05) is 37.9 Å². The van der Waals surface area contributed by atoms with Crippen molar-refractivity contribution in [2.45, 2.75) is 52.3 Å². The van der Waals surface area contributed by atoms with Gasteiger partial charge in [-0.25, -0.2) is 14.6 Å². The smallest absolute Gasteiger partial charge is 0.318 e. The Hall–Kier alpha value is -4.42.